The summed E-state index contributed by atoms with van der Waals surface area (Å²) in [5, 5.41) is 0. The van der Waals surface area contributed by atoms with Crippen LogP contribution in [0.2, 0.25) is 0 Å². The van der Waals surface area contributed by atoms with Crippen molar-refractivity contribution >= 4 is 5.91 Å². The molecule has 0 radical (unpaired) electrons. The van der Waals surface area contributed by atoms with Gasteiger partial charge in [-0.3, -0.25) is 14.6 Å². The summed E-state index contributed by atoms with van der Waals surface area (Å²) in [7, 11) is 1.64. The van der Waals surface area contributed by atoms with Gasteiger partial charge >= 0.3 is 0 Å². The summed E-state index contributed by atoms with van der Waals surface area (Å²) in [4.78, 5) is 31.9. The van der Waals surface area contributed by atoms with Gasteiger partial charge in [0.25, 0.3) is 5.91 Å². The highest BCUT2D eigenvalue weighted by Gasteiger charge is 2.15. The number of carbonyl (C=O) groups excluding carboxylic acids is 1. The summed E-state index contributed by atoms with van der Waals surface area (Å²) in [6.07, 6.45) is 4.58. The Morgan fingerprint density at radius 3 is 2.89 bits per heavy atom. The van der Waals surface area contributed by atoms with E-state index in [0.717, 1.165) is 5.69 Å². The molecule has 0 saturated carbocycles. The van der Waals surface area contributed by atoms with Crippen LogP contribution in [0.15, 0.2) is 47.7 Å². The zero-order chi connectivity index (χ0) is 13.0. The number of amides is 1. The van der Waals surface area contributed by atoms with Gasteiger partial charge in [0.1, 0.15) is 5.56 Å². The number of nitrogens with one attached hydrogen (secondary N) is 1. The SMILES string of the molecule is CN(Cc1ccccn1)C(=O)c1c[nH]ccc1=O. The van der Waals surface area contributed by atoms with Crippen LogP contribution in [0.4, 0.5) is 0 Å². The lowest BCUT2D eigenvalue weighted by Gasteiger charge is -2.16. The van der Waals surface area contributed by atoms with Crippen LogP contribution in [0.25, 0.3) is 0 Å². The molecule has 1 amide bonds. The first-order valence-electron chi connectivity index (χ1n) is 5.51. The third kappa shape index (κ3) is 2.63. The lowest BCUT2D eigenvalue weighted by molar-refractivity contribution is 0.0781. The smallest absolute Gasteiger partial charge is 0.259 e. The molecule has 0 aliphatic rings. The minimum absolute atomic E-state index is 0.135. The second kappa shape index (κ2) is 5.27. The molecule has 2 aromatic rings. The van der Waals surface area contributed by atoms with Crippen molar-refractivity contribution in [1.82, 2.24) is 14.9 Å². The van der Waals surface area contributed by atoms with E-state index in [-0.39, 0.29) is 16.9 Å². The van der Waals surface area contributed by atoms with E-state index < -0.39 is 0 Å². The molecular weight excluding hydrogens is 230 g/mol. The van der Waals surface area contributed by atoms with Crippen LogP contribution in [0.3, 0.4) is 0 Å². The molecule has 0 atom stereocenters. The molecule has 0 saturated heterocycles. The van der Waals surface area contributed by atoms with Crippen LogP contribution in [0.5, 0.6) is 0 Å². The van der Waals surface area contributed by atoms with E-state index in [1.165, 1.54) is 23.4 Å². The third-order valence-electron chi connectivity index (χ3n) is 2.53. The summed E-state index contributed by atoms with van der Waals surface area (Å²) in [6.45, 7) is 0.369. The average Bonchev–Trinajstić information content (AvgIpc) is 2.39. The van der Waals surface area contributed by atoms with E-state index in [1.807, 2.05) is 18.2 Å². The van der Waals surface area contributed by atoms with Gasteiger partial charge < -0.3 is 9.88 Å². The van der Waals surface area contributed by atoms with Crippen molar-refractivity contribution in [2.45, 2.75) is 6.54 Å². The number of rotatable bonds is 3. The molecule has 0 unspecified atom stereocenters. The van der Waals surface area contributed by atoms with Crippen molar-refractivity contribution in [2.24, 2.45) is 0 Å². The maximum absolute atomic E-state index is 12.0. The van der Waals surface area contributed by atoms with Crippen LogP contribution in [-0.4, -0.2) is 27.8 Å². The van der Waals surface area contributed by atoms with Gasteiger partial charge in [-0.15, -0.1) is 0 Å². The number of pyridine rings is 2. The maximum atomic E-state index is 12.0. The van der Waals surface area contributed by atoms with E-state index in [4.69, 9.17) is 0 Å². The molecule has 0 fully saturated rings. The van der Waals surface area contributed by atoms with Gasteiger partial charge in [0.2, 0.25) is 0 Å². The van der Waals surface area contributed by atoms with Crippen molar-refractivity contribution in [3.05, 3.63) is 64.3 Å². The van der Waals surface area contributed by atoms with E-state index in [2.05, 4.69) is 9.97 Å². The molecule has 2 heterocycles. The molecule has 0 spiro atoms. The van der Waals surface area contributed by atoms with Gasteiger partial charge in [0.15, 0.2) is 5.43 Å². The van der Waals surface area contributed by atoms with Crippen molar-refractivity contribution in [3.8, 4) is 0 Å². The van der Waals surface area contributed by atoms with Gasteiger partial charge in [0, 0.05) is 31.7 Å². The van der Waals surface area contributed by atoms with Gasteiger partial charge in [0.05, 0.1) is 12.2 Å². The highest BCUT2D eigenvalue weighted by Crippen LogP contribution is 2.02. The molecule has 5 nitrogen and oxygen atoms in total. The fourth-order valence-corrected chi connectivity index (χ4v) is 1.60. The third-order valence-corrected chi connectivity index (χ3v) is 2.53. The average molecular weight is 243 g/mol. The van der Waals surface area contributed by atoms with Crippen LogP contribution in [0.1, 0.15) is 16.1 Å². The molecule has 92 valence electrons. The molecule has 1 N–H and O–H groups in total. The molecular formula is C13H13N3O2. The van der Waals surface area contributed by atoms with Gasteiger partial charge in [-0.05, 0) is 12.1 Å². The topological polar surface area (TPSA) is 66.1 Å². The molecule has 18 heavy (non-hydrogen) atoms. The predicted octanol–water partition coefficient (Wildman–Crippen LogP) is 1.04. The molecule has 0 aliphatic heterocycles. The first-order chi connectivity index (χ1) is 8.68. The highest BCUT2D eigenvalue weighted by atomic mass is 16.2. The lowest BCUT2D eigenvalue weighted by Crippen LogP contribution is -2.30. The van der Waals surface area contributed by atoms with Crippen molar-refractivity contribution < 1.29 is 4.79 Å². The molecule has 5 heteroatoms. The summed E-state index contributed by atoms with van der Waals surface area (Å²) >= 11 is 0. The van der Waals surface area contributed by atoms with E-state index >= 15 is 0 Å². The first-order valence-corrected chi connectivity index (χ1v) is 5.51. The Kier molecular flexibility index (Phi) is 3.52. The Labute approximate surface area is 104 Å². The summed E-state index contributed by atoms with van der Waals surface area (Å²) < 4.78 is 0. The van der Waals surface area contributed by atoms with Gasteiger partial charge in [-0.1, -0.05) is 6.07 Å². The first kappa shape index (κ1) is 12.0. The van der Waals surface area contributed by atoms with Gasteiger partial charge in [-0.25, -0.2) is 0 Å². The Balaban J connectivity index is 2.15. The van der Waals surface area contributed by atoms with E-state index in [9.17, 15) is 9.59 Å². The Morgan fingerprint density at radius 2 is 2.22 bits per heavy atom. The second-order valence-electron chi connectivity index (χ2n) is 3.90. The predicted molar refractivity (Wildman–Crippen MR) is 67.1 cm³/mol. The molecule has 2 aromatic heterocycles. The Bertz CT molecular complexity index is 592. The normalized spacial score (nSPS) is 10.1. The van der Waals surface area contributed by atoms with Crippen molar-refractivity contribution in [3.63, 3.8) is 0 Å². The lowest BCUT2D eigenvalue weighted by atomic mass is 10.2. The number of aromatic amines is 1. The zero-order valence-electron chi connectivity index (χ0n) is 9.96. The number of hydrogen-bond acceptors (Lipinski definition) is 3. The van der Waals surface area contributed by atoms with E-state index in [0.29, 0.717) is 6.54 Å². The minimum atomic E-state index is -0.317. The Hall–Kier alpha value is -2.43. The Morgan fingerprint density at radius 1 is 1.39 bits per heavy atom. The van der Waals surface area contributed by atoms with Crippen LogP contribution < -0.4 is 5.43 Å². The maximum Gasteiger partial charge on any atom is 0.259 e. The molecule has 0 aromatic carbocycles. The zero-order valence-corrected chi connectivity index (χ0v) is 9.96. The number of nitrogens with zero attached hydrogens (tertiary/aromatic N) is 2. The van der Waals surface area contributed by atoms with Crippen LogP contribution >= 0.6 is 0 Å². The van der Waals surface area contributed by atoms with E-state index in [1.54, 1.807) is 13.2 Å². The molecule has 2 rings (SSSR count). The number of aromatic nitrogens is 2. The van der Waals surface area contributed by atoms with Crippen molar-refractivity contribution in [2.75, 3.05) is 7.05 Å². The monoisotopic (exact) mass is 243 g/mol. The summed E-state index contributed by atoms with van der Waals surface area (Å²) in [5.74, 6) is -0.317. The number of H-pyrrole nitrogens is 1. The summed E-state index contributed by atoms with van der Waals surface area (Å²) in [5.41, 5.74) is 0.628. The van der Waals surface area contributed by atoms with Crippen molar-refractivity contribution in [1.29, 1.82) is 0 Å². The van der Waals surface area contributed by atoms with Crippen LogP contribution in [-0.2, 0) is 6.54 Å². The minimum Gasteiger partial charge on any atom is -0.367 e. The molecule has 0 bridgehead atoms. The largest absolute Gasteiger partial charge is 0.367 e. The summed E-state index contributed by atoms with van der Waals surface area (Å²) in [6, 6.07) is 6.84. The number of carbonyl (C=O) groups is 1. The van der Waals surface area contributed by atoms with Gasteiger partial charge in [-0.2, -0.15) is 0 Å². The highest BCUT2D eigenvalue weighted by molar-refractivity contribution is 5.93. The number of hydrogen-bond donors (Lipinski definition) is 1. The fraction of sp³-hybridized carbons (Fsp3) is 0.154. The standard InChI is InChI=1S/C13H13N3O2/c1-16(9-10-4-2-3-6-15-10)13(18)11-8-14-7-5-12(11)17/h2-8H,9H2,1H3,(H,14,17). The van der Waals surface area contributed by atoms with Crippen LogP contribution in [0, 0.1) is 0 Å². The molecule has 0 aliphatic carbocycles. The quantitative estimate of drug-likeness (QED) is 0.876. The second-order valence-corrected chi connectivity index (χ2v) is 3.90. The fourth-order valence-electron chi connectivity index (χ4n) is 1.60.